The molecule has 82 valence electrons. The number of nitrogens with zero attached hydrogens (tertiary/aromatic N) is 1. The van der Waals surface area contributed by atoms with Crippen LogP contribution in [0.1, 0.15) is 19.3 Å². The maximum Gasteiger partial charge on any atom is 0.188 e. The van der Waals surface area contributed by atoms with Gasteiger partial charge in [-0.25, -0.2) is 0 Å². The molecule has 0 spiro atoms. The van der Waals surface area contributed by atoms with Crippen molar-refractivity contribution in [2.45, 2.75) is 25.3 Å². The monoisotopic (exact) mass is 218 g/mol. The summed E-state index contributed by atoms with van der Waals surface area (Å²) in [5.41, 5.74) is 5.65. The number of nitrogens with one attached hydrogen (secondary N) is 2. The van der Waals surface area contributed by atoms with Crippen LogP contribution in [0.25, 0.3) is 0 Å². The average molecular weight is 219 g/mol. The third-order valence-electron chi connectivity index (χ3n) is 2.96. The van der Waals surface area contributed by atoms with Gasteiger partial charge in [-0.3, -0.25) is 4.99 Å². The number of piperidine rings is 1. The van der Waals surface area contributed by atoms with Crippen molar-refractivity contribution < 1.29 is 0 Å². The molecule has 0 aliphatic carbocycles. The van der Waals surface area contributed by atoms with Gasteiger partial charge in [-0.1, -0.05) is 0 Å². The van der Waals surface area contributed by atoms with Crippen molar-refractivity contribution >= 4 is 18.4 Å². The van der Waals surface area contributed by atoms with Gasteiger partial charge in [0.15, 0.2) is 5.96 Å². The fourth-order valence-electron chi connectivity index (χ4n) is 2.21. The third kappa shape index (κ3) is 2.75. The summed E-state index contributed by atoms with van der Waals surface area (Å²) in [4.78, 5) is 4.14. The molecule has 2 unspecified atom stereocenters. The van der Waals surface area contributed by atoms with E-state index in [9.17, 15) is 0 Å². The van der Waals surface area contributed by atoms with Crippen LogP contribution in [0.15, 0.2) is 4.99 Å². The Morgan fingerprint density at radius 2 is 2.21 bits per heavy atom. The van der Waals surface area contributed by atoms with Gasteiger partial charge in [-0.2, -0.15) is 0 Å². The SMILES string of the molecule is Cl.NC1=NCCC(C2CCCNC2)N1. The molecule has 2 rings (SSSR count). The number of aliphatic imine (C=N–C) groups is 1. The first kappa shape index (κ1) is 11.6. The van der Waals surface area contributed by atoms with E-state index in [2.05, 4.69) is 15.6 Å². The Morgan fingerprint density at radius 3 is 2.86 bits per heavy atom. The van der Waals surface area contributed by atoms with Crippen molar-refractivity contribution in [1.29, 1.82) is 0 Å². The lowest BCUT2D eigenvalue weighted by molar-refractivity contribution is 0.291. The zero-order chi connectivity index (χ0) is 9.10. The standard InChI is InChI=1S/C9H18N4.ClH/c10-9-12-5-3-8(13-9)7-2-1-4-11-6-7;/h7-8,11H,1-6H2,(H3,10,12,13);1H. The van der Waals surface area contributed by atoms with E-state index in [1.54, 1.807) is 0 Å². The number of hydrogen-bond donors (Lipinski definition) is 3. The highest BCUT2D eigenvalue weighted by Gasteiger charge is 2.25. The first-order valence-corrected chi connectivity index (χ1v) is 5.13. The van der Waals surface area contributed by atoms with Gasteiger partial charge in [0, 0.05) is 12.6 Å². The summed E-state index contributed by atoms with van der Waals surface area (Å²) in [7, 11) is 0. The highest BCUT2D eigenvalue weighted by molar-refractivity contribution is 5.85. The van der Waals surface area contributed by atoms with E-state index in [-0.39, 0.29) is 12.4 Å². The number of nitrogens with two attached hydrogens (primary N) is 1. The van der Waals surface area contributed by atoms with E-state index >= 15 is 0 Å². The van der Waals surface area contributed by atoms with Gasteiger partial charge in [0.25, 0.3) is 0 Å². The van der Waals surface area contributed by atoms with E-state index < -0.39 is 0 Å². The summed E-state index contributed by atoms with van der Waals surface area (Å²) in [5, 5.41) is 6.70. The number of rotatable bonds is 1. The Hall–Kier alpha value is -0.480. The molecule has 4 nitrogen and oxygen atoms in total. The largest absolute Gasteiger partial charge is 0.370 e. The summed E-state index contributed by atoms with van der Waals surface area (Å²) in [5.74, 6) is 1.37. The molecule has 2 aliphatic heterocycles. The maximum absolute atomic E-state index is 5.65. The molecule has 4 N–H and O–H groups in total. The summed E-state index contributed by atoms with van der Waals surface area (Å²) in [6.45, 7) is 3.19. The molecular formula is C9H19ClN4. The Labute approximate surface area is 91.1 Å². The first-order chi connectivity index (χ1) is 6.36. The van der Waals surface area contributed by atoms with Crippen molar-refractivity contribution in [3.05, 3.63) is 0 Å². The van der Waals surface area contributed by atoms with Crippen LogP contribution < -0.4 is 16.4 Å². The van der Waals surface area contributed by atoms with E-state index in [0.29, 0.717) is 12.0 Å². The van der Waals surface area contributed by atoms with E-state index in [1.165, 1.54) is 19.4 Å². The second kappa shape index (κ2) is 5.41. The van der Waals surface area contributed by atoms with E-state index in [0.717, 1.165) is 25.4 Å². The first-order valence-electron chi connectivity index (χ1n) is 5.13. The molecule has 0 amide bonds. The van der Waals surface area contributed by atoms with Crippen molar-refractivity contribution in [2.75, 3.05) is 19.6 Å². The lowest BCUT2D eigenvalue weighted by Gasteiger charge is -2.33. The van der Waals surface area contributed by atoms with Gasteiger partial charge in [0.2, 0.25) is 0 Å². The summed E-state index contributed by atoms with van der Waals surface area (Å²) in [6, 6.07) is 0.547. The third-order valence-corrected chi connectivity index (χ3v) is 2.96. The van der Waals surface area contributed by atoms with E-state index in [4.69, 9.17) is 5.73 Å². The van der Waals surface area contributed by atoms with Gasteiger partial charge in [0.05, 0.1) is 0 Å². The van der Waals surface area contributed by atoms with Gasteiger partial charge < -0.3 is 16.4 Å². The Kier molecular flexibility index (Phi) is 4.48. The molecule has 0 aromatic heterocycles. The second-order valence-corrected chi connectivity index (χ2v) is 3.91. The van der Waals surface area contributed by atoms with Crippen LogP contribution in [0, 0.1) is 5.92 Å². The number of guanidine groups is 1. The molecule has 14 heavy (non-hydrogen) atoms. The van der Waals surface area contributed by atoms with Gasteiger partial charge >= 0.3 is 0 Å². The van der Waals surface area contributed by atoms with Gasteiger partial charge in [0.1, 0.15) is 0 Å². The van der Waals surface area contributed by atoms with Crippen LogP contribution >= 0.6 is 12.4 Å². The van der Waals surface area contributed by atoms with Crippen LogP contribution in [0.5, 0.6) is 0 Å². The summed E-state index contributed by atoms with van der Waals surface area (Å²) in [6.07, 6.45) is 3.74. The molecule has 2 aliphatic rings. The molecular weight excluding hydrogens is 200 g/mol. The Bertz CT molecular complexity index is 201. The summed E-state index contributed by atoms with van der Waals surface area (Å²) >= 11 is 0. The van der Waals surface area contributed by atoms with Gasteiger partial charge in [-0.15, -0.1) is 12.4 Å². The Balaban J connectivity index is 0.000000980. The maximum atomic E-state index is 5.65. The predicted octanol–water partition coefficient (Wildman–Crippen LogP) is 0.0844. The highest BCUT2D eigenvalue weighted by atomic mass is 35.5. The molecule has 2 atom stereocenters. The lowest BCUT2D eigenvalue weighted by atomic mass is 9.89. The van der Waals surface area contributed by atoms with Crippen molar-refractivity contribution in [1.82, 2.24) is 10.6 Å². The van der Waals surface area contributed by atoms with Crippen LogP contribution in [-0.4, -0.2) is 31.6 Å². The zero-order valence-corrected chi connectivity index (χ0v) is 9.15. The quantitative estimate of drug-likeness (QED) is 0.585. The van der Waals surface area contributed by atoms with Gasteiger partial charge in [-0.05, 0) is 38.3 Å². The summed E-state index contributed by atoms with van der Waals surface area (Å²) < 4.78 is 0. The molecule has 1 fully saturated rings. The average Bonchev–Trinajstić information content (AvgIpc) is 2.19. The van der Waals surface area contributed by atoms with E-state index in [1.807, 2.05) is 0 Å². The molecule has 0 radical (unpaired) electrons. The minimum Gasteiger partial charge on any atom is -0.370 e. The van der Waals surface area contributed by atoms with Crippen LogP contribution in [0.2, 0.25) is 0 Å². The molecule has 1 saturated heterocycles. The lowest BCUT2D eigenvalue weighted by Crippen LogP contribution is -2.51. The fraction of sp³-hybridized carbons (Fsp3) is 0.889. The second-order valence-electron chi connectivity index (χ2n) is 3.91. The Morgan fingerprint density at radius 1 is 1.36 bits per heavy atom. The molecule has 2 heterocycles. The zero-order valence-electron chi connectivity index (χ0n) is 8.33. The topological polar surface area (TPSA) is 62.4 Å². The van der Waals surface area contributed by atoms with Crippen LogP contribution in [0.3, 0.4) is 0 Å². The van der Waals surface area contributed by atoms with Crippen molar-refractivity contribution in [3.63, 3.8) is 0 Å². The number of halogens is 1. The number of hydrogen-bond acceptors (Lipinski definition) is 4. The molecule has 5 heteroatoms. The fourth-order valence-corrected chi connectivity index (χ4v) is 2.21. The van der Waals surface area contributed by atoms with Crippen LogP contribution in [-0.2, 0) is 0 Å². The normalized spacial score (nSPS) is 32.4. The minimum absolute atomic E-state index is 0. The minimum atomic E-state index is 0. The van der Waals surface area contributed by atoms with Crippen molar-refractivity contribution in [3.8, 4) is 0 Å². The predicted molar refractivity (Wildman–Crippen MR) is 60.9 cm³/mol. The van der Waals surface area contributed by atoms with Crippen LogP contribution in [0.4, 0.5) is 0 Å². The molecule has 0 saturated carbocycles. The highest BCUT2D eigenvalue weighted by Crippen LogP contribution is 2.18. The molecule has 0 aromatic carbocycles. The molecule has 0 bridgehead atoms. The molecule has 0 aromatic rings. The van der Waals surface area contributed by atoms with Crippen molar-refractivity contribution in [2.24, 2.45) is 16.6 Å². The smallest absolute Gasteiger partial charge is 0.188 e.